The van der Waals surface area contributed by atoms with Crippen molar-refractivity contribution in [1.82, 2.24) is 10.3 Å². The molecule has 0 bridgehead atoms. The SMILES string of the molecule is O=C(NCCO)c1cccc(-c2cccc3nc(Cc4cccc(C(F)(F)F)c4)oc23)c1. The number of aliphatic hydroxyl groups excluding tert-OH is 1. The lowest BCUT2D eigenvalue weighted by molar-refractivity contribution is -0.137. The molecule has 0 fully saturated rings. The highest BCUT2D eigenvalue weighted by atomic mass is 19.4. The first-order valence-corrected chi connectivity index (χ1v) is 9.89. The Balaban J connectivity index is 1.66. The number of nitrogens with zero attached hydrogens (tertiary/aromatic N) is 1. The molecule has 0 spiro atoms. The van der Waals surface area contributed by atoms with Crippen LogP contribution >= 0.6 is 0 Å². The van der Waals surface area contributed by atoms with Gasteiger partial charge in [0.25, 0.3) is 5.91 Å². The lowest BCUT2D eigenvalue weighted by Gasteiger charge is -2.07. The summed E-state index contributed by atoms with van der Waals surface area (Å²) >= 11 is 0. The van der Waals surface area contributed by atoms with Crippen LogP contribution in [0.1, 0.15) is 27.4 Å². The number of benzene rings is 3. The Bertz CT molecular complexity index is 1260. The van der Waals surface area contributed by atoms with Crippen LogP contribution in [0, 0.1) is 0 Å². The van der Waals surface area contributed by atoms with Crippen LogP contribution in [0.4, 0.5) is 13.2 Å². The molecule has 32 heavy (non-hydrogen) atoms. The highest BCUT2D eigenvalue weighted by Gasteiger charge is 2.30. The number of amides is 1. The highest BCUT2D eigenvalue weighted by Crippen LogP contribution is 2.32. The zero-order valence-corrected chi connectivity index (χ0v) is 16.8. The van der Waals surface area contributed by atoms with Crippen molar-refractivity contribution in [1.29, 1.82) is 0 Å². The summed E-state index contributed by atoms with van der Waals surface area (Å²) in [5.41, 5.74) is 2.65. The summed E-state index contributed by atoms with van der Waals surface area (Å²) in [6.07, 6.45) is -4.30. The van der Waals surface area contributed by atoms with Crippen LogP contribution in [0.3, 0.4) is 0 Å². The molecule has 1 amide bonds. The maximum atomic E-state index is 13.0. The zero-order chi connectivity index (χ0) is 22.7. The van der Waals surface area contributed by atoms with Gasteiger partial charge in [0.1, 0.15) is 5.52 Å². The minimum atomic E-state index is -4.42. The van der Waals surface area contributed by atoms with E-state index in [1.165, 1.54) is 6.07 Å². The fourth-order valence-electron chi connectivity index (χ4n) is 3.43. The average Bonchev–Trinajstić information content (AvgIpc) is 3.19. The number of fused-ring (bicyclic) bond motifs is 1. The van der Waals surface area contributed by atoms with Crippen molar-refractivity contribution in [3.05, 3.63) is 89.3 Å². The number of oxazole rings is 1. The first-order chi connectivity index (χ1) is 15.3. The molecule has 0 unspecified atom stereocenters. The number of aromatic nitrogens is 1. The third-order valence-electron chi connectivity index (χ3n) is 4.90. The van der Waals surface area contributed by atoms with Crippen LogP contribution in [0.15, 0.2) is 71.1 Å². The average molecular weight is 440 g/mol. The Labute approximate surface area is 181 Å². The third-order valence-corrected chi connectivity index (χ3v) is 4.90. The van der Waals surface area contributed by atoms with Crippen molar-refractivity contribution in [2.24, 2.45) is 0 Å². The monoisotopic (exact) mass is 440 g/mol. The van der Waals surface area contributed by atoms with E-state index in [2.05, 4.69) is 10.3 Å². The molecular weight excluding hydrogens is 421 g/mol. The number of carbonyl (C=O) groups is 1. The van der Waals surface area contributed by atoms with Crippen molar-refractivity contribution >= 4 is 17.0 Å². The van der Waals surface area contributed by atoms with Crippen molar-refractivity contribution in [3.63, 3.8) is 0 Å². The third kappa shape index (κ3) is 4.65. The fraction of sp³-hybridized carbons (Fsp3) is 0.167. The van der Waals surface area contributed by atoms with Crippen molar-refractivity contribution < 1.29 is 27.5 Å². The van der Waals surface area contributed by atoms with Crippen LogP contribution in [0.25, 0.3) is 22.2 Å². The van der Waals surface area contributed by atoms with E-state index in [0.29, 0.717) is 33.7 Å². The minimum absolute atomic E-state index is 0.113. The molecule has 5 nitrogen and oxygen atoms in total. The lowest BCUT2D eigenvalue weighted by Crippen LogP contribution is -2.26. The second kappa shape index (κ2) is 8.84. The van der Waals surface area contributed by atoms with Crippen molar-refractivity contribution in [3.8, 4) is 11.1 Å². The Kier molecular flexibility index (Phi) is 5.96. The first-order valence-electron chi connectivity index (χ1n) is 9.89. The summed E-state index contributed by atoms with van der Waals surface area (Å²) in [7, 11) is 0. The van der Waals surface area contributed by atoms with Gasteiger partial charge in [0, 0.05) is 24.1 Å². The lowest BCUT2D eigenvalue weighted by atomic mass is 10.0. The smallest absolute Gasteiger partial charge is 0.416 e. The number of para-hydroxylation sites is 1. The predicted molar refractivity (Wildman–Crippen MR) is 113 cm³/mol. The first kappa shape index (κ1) is 21.6. The maximum Gasteiger partial charge on any atom is 0.416 e. The van der Waals surface area contributed by atoms with Gasteiger partial charge >= 0.3 is 6.18 Å². The van der Waals surface area contributed by atoms with E-state index < -0.39 is 11.7 Å². The number of alkyl halides is 3. The summed E-state index contributed by atoms with van der Waals surface area (Å²) in [5, 5.41) is 11.5. The zero-order valence-electron chi connectivity index (χ0n) is 16.8. The van der Waals surface area contributed by atoms with Crippen molar-refractivity contribution in [2.75, 3.05) is 13.2 Å². The molecule has 0 aliphatic carbocycles. The number of hydrogen-bond acceptors (Lipinski definition) is 4. The quantitative estimate of drug-likeness (QED) is 0.451. The topological polar surface area (TPSA) is 75.4 Å². The second-order valence-corrected chi connectivity index (χ2v) is 7.20. The number of nitrogens with one attached hydrogen (secondary N) is 1. The van der Waals surface area contributed by atoms with Crippen LogP contribution in [0.2, 0.25) is 0 Å². The van der Waals surface area contributed by atoms with E-state index in [9.17, 15) is 18.0 Å². The van der Waals surface area contributed by atoms with Gasteiger partial charge in [-0.25, -0.2) is 4.98 Å². The number of rotatable bonds is 6. The van der Waals surface area contributed by atoms with Gasteiger partial charge in [-0.15, -0.1) is 0 Å². The van der Waals surface area contributed by atoms with Crippen LogP contribution < -0.4 is 5.32 Å². The van der Waals surface area contributed by atoms with Gasteiger partial charge in [0.05, 0.1) is 12.2 Å². The van der Waals surface area contributed by atoms with Gasteiger partial charge in [-0.05, 0) is 35.4 Å². The molecule has 0 saturated heterocycles. The van der Waals surface area contributed by atoms with Gasteiger partial charge in [-0.3, -0.25) is 4.79 Å². The number of halogens is 3. The van der Waals surface area contributed by atoms with Gasteiger partial charge in [-0.1, -0.05) is 42.5 Å². The molecule has 0 aliphatic rings. The molecule has 0 saturated carbocycles. The maximum absolute atomic E-state index is 13.0. The Morgan fingerprint density at radius 3 is 2.59 bits per heavy atom. The predicted octanol–water partition coefficient (Wildman–Crippen LogP) is 4.83. The number of hydrogen-bond donors (Lipinski definition) is 2. The summed E-state index contributed by atoms with van der Waals surface area (Å²) in [5.74, 6) is -0.0144. The fourth-order valence-corrected chi connectivity index (χ4v) is 3.43. The van der Waals surface area contributed by atoms with Crippen LogP contribution in [-0.2, 0) is 12.6 Å². The molecule has 3 aromatic carbocycles. The molecule has 1 heterocycles. The van der Waals surface area contributed by atoms with E-state index in [4.69, 9.17) is 9.52 Å². The number of aliphatic hydroxyl groups is 1. The van der Waals surface area contributed by atoms with Gasteiger partial charge in [0.2, 0.25) is 0 Å². The van der Waals surface area contributed by atoms with Crippen LogP contribution in [0.5, 0.6) is 0 Å². The van der Waals surface area contributed by atoms with E-state index >= 15 is 0 Å². The molecule has 2 N–H and O–H groups in total. The standard InChI is InChI=1S/C24H19F3N2O3/c25-24(26,27)18-7-1-4-15(12-18)13-21-29-20-9-3-8-19(22(20)32-21)16-5-2-6-17(14-16)23(31)28-10-11-30/h1-9,12,14,30H,10-11,13H2,(H,28,31). The van der Waals surface area contributed by atoms with E-state index in [1.807, 2.05) is 12.1 Å². The Hall–Kier alpha value is -3.65. The van der Waals surface area contributed by atoms with E-state index in [1.54, 1.807) is 36.4 Å². The van der Waals surface area contributed by atoms with Gasteiger partial charge < -0.3 is 14.8 Å². The molecule has 164 valence electrons. The Morgan fingerprint density at radius 2 is 1.81 bits per heavy atom. The molecule has 4 aromatic rings. The second-order valence-electron chi connectivity index (χ2n) is 7.20. The Morgan fingerprint density at radius 1 is 1.03 bits per heavy atom. The molecule has 0 atom stereocenters. The molecule has 1 aromatic heterocycles. The highest BCUT2D eigenvalue weighted by molar-refractivity contribution is 5.97. The molecular formula is C24H19F3N2O3. The van der Waals surface area contributed by atoms with Gasteiger partial charge in [-0.2, -0.15) is 13.2 Å². The summed E-state index contributed by atoms with van der Waals surface area (Å²) in [6, 6.07) is 17.4. The molecule has 0 radical (unpaired) electrons. The summed E-state index contributed by atoms with van der Waals surface area (Å²) < 4.78 is 44.9. The normalized spacial score (nSPS) is 11.6. The number of carbonyl (C=O) groups excluding carboxylic acids is 1. The summed E-state index contributed by atoms with van der Waals surface area (Å²) in [4.78, 5) is 16.6. The largest absolute Gasteiger partial charge is 0.440 e. The minimum Gasteiger partial charge on any atom is -0.440 e. The molecule has 4 rings (SSSR count). The van der Waals surface area contributed by atoms with E-state index in [0.717, 1.165) is 17.7 Å². The summed E-state index contributed by atoms with van der Waals surface area (Å²) in [6.45, 7) is -0.00287. The molecule has 8 heteroatoms. The van der Waals surface area contributed by atoms with Crippen molar-refractivity contribution in [2.45, 2.75) is 12.6 Å². The van der Waals surface area contributed by atoms with Gasteiger partial charge in [0.15, 0.2) is 11.5 Å². The van der Waals surface area contributed by atoms with Crippen LogP contribution in [-0.4, -0.2) is 29.1 Å². The van der Waals surface area contributed by atoms with E-state index in [-0.39, 0.29) is 25.5 Å². The molecule has 0 aliphatic heterocycles.